The number of nitrogens with one attached hydrogen (secondary N) is 1. The van der Waals surface area contributed by atoms with Crippen LogP contribution in [-0.2, 0) is 16.1 Å². The van der Waals surface area contributed by atoms with Crippen molar-refractivity contribution in [2.75, 3.05) is 6.54 Å². The van der Waals surface area contributed by atoms with Crippen molar-refractivity contribution in [2.24, 2.45) is 11.0 Å². The Balaban J connectivity index is 1.57. The number of amides is 2. The lowest BCUT2D eigenvalue weighted by molar-refractivity contribution is -0.129. The molecule has 1 atom stereocenters. The highest BCUT2D eigenvalue weighted by Crippen LogP contribution is 2.20. The number of carbonyl (C=O) groups excluding carboxylic acids is 2. The Morgan fingerprint density at radius 3 is 2.80 bits per heavy atom. The van der Waals surface area contributed by atoms with Crippen LogP contribution < -0.4 is 5.43 Å². The number of rotatable bonds is 5. The molecule has 130 valence electrons. The molecular weight excluding hydrogens is 386 g/mol. The van der Waals surface area contributed by atoms with Gasteiger partial charge in [0.05, 0.1) is 24.4 Å². The van der Waals surface area contributed by atoms with Crippen LogP contribution in [0.15, 0.2) is 56.7 Å². The van der Waals surface area contributed by atoms with Gasteiger partial charge in [0.25, 0.3) is 0 Å². The van der Waals surface area contributed by atoms with E-state index in [0.717, 1.165) is 10.0 Å². The molecule has 25 heavy (non-hydrogen) atoms. The fourth-order valence-electron chi connectivity index (χ4n) is 2.68. The van der Waals surface area contributed by atoms with Crippen molar-refractivity contribution in [1.29, 1.82) is 0 Å². The van der Waals surface area contributed by atoms with Gasteiger partial charge >= 0.3 is 0 Å². The van der Waals surface area contributed by atoms with Crippen LogP contribution in [0.4, 0.5) is 0 Å². The molecule has 1 fully saturated rings. The van der Waals surface area contributed by atoms with E-state index in [9.17, 15) is 9.59 Å². The molecule has 1 unspecified atom stereocenters. The largest absolute Gasteiger partial charge is 0.467 e. The van der Waals surface area contributed by atoms with Gasteiger partial charge in [0.1, 0.15) is 5.76 Å². The molecule has 0 spiro atoms. The molecule has 0 saturated carbocycles. The van der Waals surface area contributed by atoms with Gasteiger partial charge in [-0.05, 0) is 36.8 Å². The standard InChI is InChI=1S/C18H18BrN3O3/c1-12(13-4-6-15(19)7-5-13)20-21-18(24)14-9-17(23)22(10-14)11-16-3-2-8-25-16/h2-8,14H,9-11H2,1H3,(H,21,24)/b20-12+. The first-order valence-electron chi connectivity index (χ1n) is 7.93. The van der Waals surface area contributed by atoms with Crippen LogP contribution in [0, 0.1) is 5.92 Å². The van der Waals surface area contributed by atoms with Crippen LogP contribution >= 0.6 is 15.9 Å². The number of halogens is 1. The highest BCUT2D eigenvalue weighted by Gasteiger charge is 2.34. The molecule has 0 aliphatic carbocycles. The molecule has 1 saturated heterocycles. The van der Waals surface area contributed by atoms with Crippen molar-refractivity contribution in [2.45, 2.75) is 19.9 Å². The molecule has 1 N–H and O–H groups in total. The Morgan fingerprint density at radius 1 is 1.36 bits per heavy atom. The summed E-state index contributed by atoms with van der Waals surface area (Å²) in [6.07, 6.45) is 1.76. The van der Waals surface area contributed by atoms with E-state index in [1.54, 1.807) is 17.2 Å². The van der Waals surface area contributed by atoms with E-state index in [1.165, 1.54) is 0 Å². The predicted molar refractivity (Wildman–Crippen MR) is 96.7 cm³/mol. The molecule has 7 heteroatoms. The van der Waals surface area contributed by atoms with Crippen molar-refractivity contribution in [1.82, 2.24) is 10.3 Å². The highest BCUT2D eigenvalue weighted by atomic mass is 79.9. The number of hydrogen-bond acceptors (Lipinski definition) is 4. The van der Waals surface area contributed by atoms with Gasteiger partial charge in [-0.2, -0.15) is 5.10 Å². The maximum absolute atomic E-state index is 12.3. The van der Waals surface area contributed by atoms with Gasteiger partial charge in [-0.25, -0.2) is 5.43 Å². The topological polar surface area (TPSA) is 74.9 Å². The van der Waals surface area contributed by atoms with E-state index >= 15 is 0 Å². The van der Waals surface area contributed by atoms with Gasteiger partial charge in [0, 0.05) is 17.4 Å². The third-order valence-corrected chi connectivity index (χ3v) is 4.64. The zero-order valence-corrected chi connectivity index (χ0v) is 15.3. The molecule has 2 amide bonds. The Labute approximate surface area is 154 Å². The first-order chi connectivity index (χ1) is 12.0. The molecule has 1 aromatic heterocycles. The average molecular weight is 404 g/mol. The van der Waals surface area contributed by atoms with E-state index in [4.69, 9.17) is 4.42 Å². The van der Waals surface area contributed by atoms with Crippen LogP contribution in [0.5, 0.6) is 0 Å². The Morgan fingerprint density at radius 2 is 2.12 bits per heavy atom. The fourth-order valence-corrected chi connectivity index (χ4v) is 2.94. The summed E-state index contributed by atoms with van der Waals surface area (Å²) in [4.78, 5) is 26.0. The van der Waals surface area contributed by atoms with Crippen molar-refractivity contribution < 1.29 is 14.0 Å². The van der Waals surface area contributed by atoms with E-state index in [1.807, 2.05) is 37.3 Å². The fraction of sp³-hybridized carbons (Fsp3) is 0.278. The SMILES string of the molecule is C/C(=N\NC(=O)C1CC(=O)N(Cc2ccco2)C1)c1ccc(Br)cc1. The third-order valence-electron chi connectivity index (χ3n) is 4.11. The Hall–Kier alpha value is -2.41. The molecule has 0 radical (unpaired) electrons. The predicted octanol–water partition coefficient (Wildman–Crippen LogP) is 2.93. The quantitative estimate of drug-likeness (QED) is 0.615. The number of hydrogen-bond donors (Lipinski definition) is 1. The smallest absolute Gasteiger partial charge is 0.245 e. The highest BCUT2D eigenvalue weighted by molar-refractivity contribution is 9.10. The normalized spacial score (nSPS) is 17.8. The second kappa shape index (κ2) is 7.65. The van der Waals surface area contributed by atoms with Gasteiger partial charge in [-0.15, -0.1) is 0 Å². The summed E-state index contributed by atoms with van der Waals surface area (Å²) in [5, 5.41) is 4.15. The van der Waals surface area contributed by atoms with Crippen molar-refractivity contribution >= 4 is 33.5 Å². The minimum Gasteiger partial charge on any atom is -0.467 e. The van der Waals surface area contributed by atoms with E-state index < -0.39 is 5.92 Å². The maximum Gasteiger partial charge on any atom is 0.245 e. The summed E-state index contributed by atoms with van der Waals surface area (Å²) >= 11 is 3.38. The van der Waals surface area contributed by atoms with Crippen LogP contribution in [-0.4, -0.2) is 29.0 Å². The summed E-state index contributed by atoms with van der Waals surface area (Å²) in [5.74, 6) is 0.0133. The zero-order valence-electron chi connectivity index (χ0n) is 13.7. The number of benzene rings is 1. The molecule has 1 aromatic carbocycles. The van der Waals surface area contributed by atoms with Gasteiger partial charge in [-0.3, -0.25) is 9.59 Å². The molecular formula is C18H18BrN3O3. The Kier molecular flexibility index (Phi) is 5.33. The number of carbonyl (C=O) groups is 2. The van der Waals surface area contributed by atoms with Crippen molar-refractivity contribution in [3.63, 3.8) is 0 Å². The summed E-state index contributed by atoms with van der Waals surface area (Å²) < 4.78 is 6.24. The molecule has 1 aliphatic rings. The molecule has 0 bridgehead atoms. The van der Waals surface area contributed by atoms with E-state index in [0.29, 0.717) is 24.6 Å². The lowest BCUT2D eigenvalue weighted by Crippen LogP contribution is -2.30. The lowest BCUT2D eigenvalue weighted by Gasteiger charge is -2.14. The molecule has 2 aromatic rings. The van der Waals surface area contributed by atoms with E-state index in [-0.39, 0.29) is 18.2 Å². The van der Waals surface area contributed by atoms with Crippen LogP contribution in [0.3, 0.4) is 0 Å². The van der Waals surface area contributed by atoms with Gasteiger partial charge in [0.15, 0.2) is 0 Å². The van der Waals surface area contributed by atoms with Crippen LogP contribution in [0.1, 0.15) is 24.7 Å². The number of furan rings is 1. The van der Waals surface area contributed by atoms with Crippen molar-refractivity contribution in [3.05, 3.63) is 58.5 Å². The molecule has 3 rings (SSSR count). The number of likely N-dealkylation sites (tertiary alicyclic amines) is 1. The number of nitrogens with zero attached hydrogens (tertiary/aromatic N) is 2. The monoisotopic (exact) mass is 403 g/mol. The van der Waals surface area contributed by atoms with E-state index in [2.05, 4.69) is 26.5 Å². The van der Waals surface area contributed by atoms with Gasteiger partial charge in [-0.1, -0.05) is 28.1 Å². The average Bonchev–Trinajstić information content (AvgIpc) is 3.24. The molecule has 1 aliphatic heterocycles. The first-order valence-corrected chi connectivity index (χ1v) is 8.72. The summed E-state index contributed by atoms with van der Waals surface area (Å²) in [6, 6.07) is 11.3. The maximum atomic E-state index is 12.3. The Bertz CT molecular complexity index is 784. The second-order valence-corrected chi connectivity index (χ2v) is 6.85. The summed E-state index contributed by atoms with van der Waals surface area (Å²) in [6.45, 7) is 2.58. The summed E-state index contributed by atoms with van der Waals surface area (Å²) in [7, 11) is 0. The second-order valence-electron chi connectivity index (χ2n) is 5.93. The van der Waals surface area contributed by atoms with Crippen LogP contribution in [0.2, 0.25) is 0 Å². The summed E-state index contributed by atoms with van der Waals surface area (Å²) in [5.41, 5.74) is 4.20. The molecule has 6 nitrogen and oxygen atoms in total. The number of hydrazone groups is 1. The van der Waals surface area contributed by atoms with Crippen molar-refractivity contribution in [3.8, 4) is 0 Å². The first kappa shape index (κ1) is 17.4. The zero-order chi connectivity index (χ0) is 17.8. The molecule has 2 heterocycles. The van der Waals surface area contributed by atoms with Crippen LogP contribution in [0.25, 0.3) is 0 Å². The lowest BCUT2D eigenvalue weighted by atomic mass is 10.1. The van der Waals surface area contributed by atoms with Gasteiger partial charge in [0.2, 0.25) is 11.8 Å². The minimum atomic E-state index is -0.399. The minimum absolute atomic E-state index is 0.0508. The van der Waals surface area contributed by atoms with Gasteiger partial charge < -0.3 is 9.32 Å². The third kappa shape index (κ3) is 4.36.